The molecule has 1 aliphatic rings. The van der Waals surface area contributed by atoms with Gasteiger partial charge in [0.1, 0.15) is 0 Å². The van der Waals surface area contributed by atoms with Crippen molar-refractivity contribution in [3.8, 4) is 0 Å². The average molecular weight is 331 g/mol. The number of anilines is 1. The number of nitrogens with zero attached hydrogens (tertiary/aromatic N) is 4. The van der Waals surface area contributed by atoms with Crippen molar-refractivity contribution >= 4 is 22.6 Å². The Labute approximate surface area is 141 Å². The summed E-state index contributed by atoms with van der Waals surface area (Å²) in [4.78, 5) is 19.0. The van der Waals surface area contributed by atoms with Crippen LogP contribution in [0.3, 0.4) is 0 Å². The van der Waals surface area contributed by atoms with E-state index in [-0.39, 0.29) is 5.91 Å². The second kappa shape index (κ2) is 7.17. The Bertz CT molecular complexity index is 740. The van der Waals surface area contributed by atoms with Crippen LogP contribution in [0.2, 0.25) is 0 Å². The van der Waals surface area contributed by atoms with Crippen molar-refractivity contribution < 1.29 is 9.53 Å². The number of aromatic nitrogens is 3. The molecule has 0 saturated heterocycles. The number of hydrogen-bond donors (Lipinski definition) is 1. The molecule has 3 heterocycles. The van der Waals surface area contributed by atoms with Gasteiger partial charge in [-0.25, -0.2) is 9.67 Å². The minimum absolute atomic E-state index is 0.0599. The lowest BCUT2D eigenvalue weighted by molar-refractivity contribution is 0.0680. The zero-order valence-corrected chi connectivity index (χ0v) is 14.4. The van der Waals surface area contributed by atoms with E-state index < -0.39 is 0 Å². The quantitative estimate of drug-likeness (QED) is 0.749. The number of nitrogen functional groups attached to an aromatic ring is 1. The number of ether oxygens (including phenoxy) is 1. The summed E-state index contributed by atoms with van der Waals surface area (Å²) in [5.41, 5.74) is 8.84. The molecule has 2 N–H and O–H groups in total. The molecule has 130 valence electrons. The van der Waals surface area contributed by atoms with Gasteiger partial charge in [0.25, 0.3) is 5.91 Å². The fraction of sp³-hybridized carbons (Fsp3) is 0.588. The predicted molar refractivity (Wildman–Crippen MR) is 92.7 cm³/mol. The van der Waals surface area contributed by atoms with Crippen LogP contribution in [0.5, 0.6) is 0 Å². The van der Waals surface area contributed by atoms with E-state index in [0.29, 0.717) is 37.6 Å². The smallest absolute Gasteiger partial charge is 0.258 e. The van der Waals surface area contributed by atoms with Crippen molar-refractivity contribution in [1.29, 1.82) is 0 Å². The third-order valence-corrected chi connectivity index (χ3v) is 4.43. The fourth-order valence-corrected chi connectivity index (χ4v) is 3.10. The number of fused-ring (bicyclic) bond motifs is 2. The fourth-order valence-electron chi connectivity index (χ4n) is 3.10. The zero-order chi connectivity index (χ0) is 17.1. The molecule has 0 bridgehead atoms. The second-order valence-corrected chi connectivity index (χ2v) is 6.08. The Morgan fingerprint density at radius 2 is 2.12 bits per heavy atom. The van der Waals surface area contributed by atoms with Gasteiger partial charge in [-0.3, -0.25) is 4.79 Å². The van der Waals surface area contributed by atoms with Gasteiger partial charge in [0.05, 0.1) is 41.7 Å². The number of unbranched alkanes of at least 4 members (excludes halogenated alkanes) is 2. The molecule has 7 heteroatoms. The van der Waals surface area contributed by atoms with E-state index in [1.165, 1.54) is 0 Å². The summed E-state index contributed by atoms with van der Waals surface area (Å²) in [6.07, 6.45) is 5.10. The highest BCUT2D eigenvalue weighted by molar-refractivity contribution is 6.08. The zero-order valence-electron chi connectivity index (χ0n) is 14.4. The summed E-state index contributed by atoms with van der Waals surface area (Å²) >= 11 is 0. The molecule has 2 aromatic heterocycles. The van der Waals surface area contributed by atoms with Gasteiger partial charge in [0.15, 0.2) is 5.65 Å². The van der Waals surface area contributed by atoms with Crippen LogP contribution in [-0.2, 0) is 17.8 Å². The van der Waals surface area contributed by atoms with Crippen molar-refractivity contribution in [1.82, 2.24) is 19.7 Å². The van der Waals surface area contributed by atoms with Gasteiger partial charge < -0.3 is 15.4 Å². The number of carbonyl (C=O) groups excluding carboxylic acids is 1. The number of carbonyl (C=O) groups is 1. The summed E-state index contributed by atoms with van der Waals surface area (Å²) in [5, 5.41) is 5.17. The van der Waals surface area contributed by atoms with E-state index in [9.17, 15) is 4.79 Å². The first-order chi connectivity index (χ1) is 11.7. The molecule has 0 unspecified atom stereocenters. The Morgan fingerprint density at radius 1 is 1.29 bits per heavy atom. The maximum atomic E-state index is 12.6. The number of aryl methyl sites for hydroxylation is 1. The molecule has 3 rings (SSSR count). The topological polar surface area (TPSA) is 86.3 Å². The molecule has 7 nitrogen and oxygen atoms in total. The Morgan fingerprint density at radius 3 is 2.88 bits per heavy atom. The summed E-state index contributed by atoms with van der Waals surface area (Å²) in [7, 11) is 0. The van der Waals surface area contributed by atoms with Gasteiger partial charge in [-0.2, -0.15) is 5.10 Å². The van der Waals surface area contributed by atoms with E-state index in [4.69, 9.17) is 15.5 Å². The largest absolute Gasteiger partial charge is 0.397 e. The van der Waals surface area contributed by atoms with Crippen LogP contribution < -0.4 is 5.73 Å². The minimum Gasteiger partial charge on any atom is -0.397 e. The van der Waals surface area contributed by atoms with E-state index in [1.807, 2.05) is 11.6 Å². The van der Waals surface area contributed by atoms with Crippen LogP contribution in [0.1, 0.15) is 49.2 Å². The monoisotopic (exact) mass is 331 g/mol. The van der Waals surface area contributed by atoms with E-state index >= 15 is 0 Å². The second-order valence-electron chi connectivity index (χ2n) is 6.08. The molecule has 0 aliphatic carbocycles. The summed E-state index contributed by atoms with van der Waals surface area (Å²) < 4.78 is 7.25. The Kier molecular flexibility index (Phi) is 4.99. The highest BCUT2D eigenvalue weighted by atomic mass is 16.5. The lowest BCUT2D eigenvalue weighted by Gasteiger charge is -2.14. The van der Waals surface area contributed by atoms with Gasteiger partial charge in [0.2, 0.25) is 0 Å². The van der Waals surface area contributed by atoms with Crippen LogP contribution in [-0.4, -0.2) is 45.3 Å². The van der Waals surface area contributed by atoms with E-state index in [2.05, 4.69) is 12.0 Å². The minimum atomic E-state index is -0.0599. The summed E-state index contributed by atoms with van der Waals surface area (Å²) in [5.74, 6) is -0.0599. The molecule has 0 atom stereocenters. The number of nitrogens with two attached hydrogens (primary N) is 1. The van der Waals surface area contributed by atoms with E-state index in [1.54, 1.807) is 11.1 Å². The molecular weight excluding hydrogens is 306 g/mol. The third kappa shape index (κ3) is 2.96. The van der Waals surface area contributed by atoms with E-state index in [0.717, 1.165) is 42.5 Å². The van der Waals surface area contributed by atoms with Gasteiger partial charge in [-0.05, 0) is 13.3 Å². The first-order valence-electron chi connectivity index (χ1n) is 8.68. The number of hydrogen-bond acceptors (Lipinski definition) is 5. The standard InChI is InChI=1S/C17H25N5O2/c1-3-5-6-7-22-16-12(10-19-22)15(18)14-13(20-16)11-21(17(14)23)8-9-24-4-2/h10H,3-9,11H2,1-2H3,(H2,18,20). The molecule has 0 saturated carbocycles. The third-order valence-electron chi connectivity index (χ3n) is 4.43. The van der Waals surface area contributed by atoms with Gasteiger partial charge in [0, 0.05) is 19.7 Å². The molecule has 1 aliphatic heterocycles. The molecule has 0 fully saturated rings. The highest BCUT2D eigenvalue weighted by Crippen LogP contribution is 2.32. The van der Waals surface area contributed by atoms with Gasteiger partial charge in [-0.15, -0.1) is 0 Å². The lowest BCUT2D eigenvalue weighted by atomic mass is 10.1. The average Bonchev–Trinajstić information content (AvgIpc) is 3.11. The first-order valence-corrected chi connectivity index (χ1v) is 8.68. The van der Waals surface area contributed by atoms with Crippen molar-refractivity contribution in [3.05, 3.63) is 17.5 Å². The van der Waals surface area contributed by atoms with Crippen LogP contribution in [0.4, 0.5) is 5.69 Å². The summed E-state index contributed by atoms with van der Waals surface area (Å²) in [6, 6.07) is 0. The van der Waals surface area contributed by atoms with Crippen molar-refractivity contribution in [2.24, 2.45) is 0 Å². The van der Waals surface area contributed by atoms with Crippen LogP contribution in [0.25, 0.3) is 11.0 Å². The first kappa shape index (κ1) is 16.7. The molecule has 24 heavy (non-hydrogen) atoms. The van der Waals surface area contributed by atoms with Crippen molar-refractivity contribution in [2.75, 3.05) is 25.5 Å². The highest BCUT2D eigenvalue weighted by Gasteiger charge is 2.32. The SMILES string of the molecule is CCCCCn1ncc2c(N)c3c(nc21)CN(CCOCC)C3=O. The molecule has 2 aromatic rings. The summed E-state index contributed by atoms with van der Waals surface area (Å²) in [6.45, 7) is 7.16. The Balaban J connectivity index is 1.87. The maximum absolute atomic E-state index is 12.6. The van der Waals surface area contributed by atoms with Crippen LogP contribution in [0, 0.1) is 0 Å². The molecule has 0 aromatic carbocycles. The molecular formula is C17H25N5O2. The molecule has 1 amide bonds. The molecule has 0 spiro atoms. The number of pyridine rings is 1. The number of amides is 1. The lowest BCUT2D eigenvalue weighted by Crippen LogP contribution is -2.28. The Hall–Kier alpha value is -2.15. The van der Waals surface area contributed by atoms with Crippen molar-refractivity contribution in [3.63, 3.8) is 0 Å². The van der Waals surface area contributed by atoms with Gasteiger partial charge >= 0.3 is 0 Å². The normalized spacial score (nSPS) is 13.9. The maximum Gasteiger partial charge on any atom is 0.258 e. The van der Waals surface area contributed by atoms with Crippen LogP contribution >= 0.6 is 0 Å². The number of rotatable bonds is 8. The van der Waals surface area contributed by atoms with Crippen molar-refractivity contribution in [2.45, 2.75) is 46.2 Å². The van der Waals surface area contributed by atoms with Gasteiger partial charge in [-0.1, -0.05) is 19.8 Å². The molecule has 0 radical (unpaired) electrons. The predicted octanol–water partition coefficient (Wildman–Crippen LogP) is 2.20. The van der Waals surface area contributed by atoms with Crippen LogP contribution in [0.15, 0.2) is 6.20 Å².